The number of rotatable bonds is 7. The van der Waals surface area contributed by atoms with Crippen molar-refractivity contribution in [2.45, 2.75) is 19.9 Å². The number of furan rings is 1. The van der Waals surface area contributed by atoms with Crippen LogP contribution in [0.5, 0.6) is 0 Å². The summed E-state index contributed by atoms with van der Waals surface area (Å²) in [5.74, 6) is 0.992. The van der Waals surface area contributed by atoms with Crippen LogP contribution in [0.1, 0.15) is 18.2 Å². The van der Waals surface area contributed by atoms with Crippen LogP contribution in [0.2, 0.25) is 0 Å². The second kappa shape index (κ2) is 7.12. The monoisotopic (exact) mass is 259 g/mol. The van der Waals surface area contributed by atoms with Gasteiger partial charge in [-0.3, -0.25) is 0 Å². The van der Waals surface area contributed by atoms with E-state index in [1.54, 1.807) is 13.4 Å². The van der Waals surface area contributed by atoms with E-state index >= 15 is 0 Å². The molecule has 2 aromatic rings. The average Bonchev–Trinajstić information content (AvgIpc) is 2.92. The Labute approximate surface area is 114 Å². The Morgan fingerprint density at radius 3 is 2.63 bits per heavy atom. The van der Waals surface area contributed by atoms with Crippen LogP contribution in [-0.2, 0) is 17.7 Å². The van der Waals surface area contributed by atoms with Gasteiger partial charge in [0.05, 0.1) is 19.4 Å². The fourth-order valence-electron chi connectivity index (χ4n) is 2.04. The highest BCUT2D eigenvalue weighted by Gasteiger charge is 2.08. The number of nitrogens with one attached hydrogen (secondary N) is 1. The summed E-state index contributed by atoms with van der Waals surface area (Å²) in [6, 6.07) is 10.6. The Bertz CT molecular complexity index is 488. The van der Waals surface area contributed by atoms with E-state index in [1.165, 1.54) is 16.7 Å². The van der Waals surface area contributed by atoms with E-state index in [9.17, 15) is 0 Å². The summed E-state index contributed by atoms with van der Waals surface area (Å²) in [7, 11) is 1.73. The van der Waals surface area contributed by atoms with Crippen molar-refractivity contribution in [2.24, 2.45) is 0 Å². The van der Waals surface area contributed by atoms with Gasteiger partial charge in [-0.2, -0.15) is 0 Å². The lowest BCUT2D eigenvalue weighted by Crippen LogP contribution is -2.11. The largest absolute Gasteiger partial charge is 0.467 e. The van der Waals surface area contributed by atoms with Crippen molar-refractivity contribution in [1.29, 1.82) is 0 Å². The molecule has 0 radical (unpaired) electrons. The molecule has 0 aliphatic rings. The number of ether oxygens (including phenoxy) is 1. The molecule has 0 atom stereocenters. The fraction of sp³-hybridized carbons (Fsp3) is 0.375. The molecule has 102 valence electrons. The third kappa shape index (κ3) is 3.69. The van der Waals surface area contributed by atoms with Gasteiger partial charge in [0.1, 0.15) is 5.76 Å². The highest BCUT2D eigenvalue weighted by molar-refractivity contribution is 5.65. The molecule has 0 saturated heterocycles. The second-order valence-corrected chi connectivity index (χ2v) is 4.48. The topological polar surface area (TPSA) is 34.4 Å². The van der Waals surface area contributed by atoms with E-state index < -0.39 is 0 Å². The molecule has 3 heteroatoms. The summed E-state index contributed by atoms with van der Waals surface area (Å²) in [4.78, 5) is 0. The highest BCUT2D eigenvalue weighted by Crippen LogP contribution is 2.25. The van der Waals surface area contributed by atoms with Gasteiger partial charge in [0.15, 0.2) is 0 Å². The number of methoxy groups -OCH3 is 1. The predicted molar refractivity (Wildman–Crippen MR) is 77.1 cm³/mol. The number of hydrogen-bond acceptors (Lipinski definition) is 3. The average molecular weight is 259 g/mol. The molecule has 0 aliphatic heterocycles. The van der Waals surface area contributed by atoms with Crippen molar-refractivity contribution >= 4 is 0 Å². The molecule has 0 saturated carbocycles. The molecule has 3 nitrogen and oxygen atoms in total. The molecule has 0 aliphatic carbocycles. The smallest absolute Gasteiger partial charge is 0.125 e. The molecule has 0 bridgehead atoms. The van der Waals surface area contributed by atoms with Gasteiger partial charge < -0.3 is 14.5 Å². The minimum atomic E-state index is 0.761. The third-order valence-corrected chi connectivity index (χ3v) is 3.14. The first-order valence-electron chi connectivity index (χ1n) is 6.70. The zero-order chi connectivity index (χ0) is 13.5. The first kappa shape index (κ1) is 13.8. The van der Waals surface area contributed by atoms with Crippen molar-refractivity contribution in [3.05, 3.63) is 47.9 Å². The molecule has 1 N–H and O–H groups in total. The normalized spacial score (nSPS) is 10.8. The SMILES string of the molecule is CCNCc1occc1-c1ccc(CCOC)cc1. The Balaban J connectivity index is 2.11. The lowest BCUT2D eigenvalue weighted by molar-refractivity contribution is 0.202. The van der Waals surface area contributed by atoms with Crippen molar-refractivity contribution < 1.29 is 9.15 Å². The maximum atomic E-state index is 5.53. The zero-order valence-electron chi connectivity index (χ0n) is 11.6. The third-order valence-electron chi connectivity index (χ3n) is 3.14. The van der Waals surface area contributed by atoms with E-state index in [0.29, 0.717) is 0 Å². The molecule has 0 unspecified atom stereocenters. The van der Waals surface area contributed by atoms with Gasteiger partial charge in [-0.15, -0.1) is 0 Å². The molecule has 2 rings (SSSR count). The van der Waals surface area contributed by atoms with Crippen molar-refractivity contribution in [3.63, 3.8) is 0 Å². The lowest BCUT2D eigenvalue weighted by Gasteiger charge is -2.05. The summed E-state index contributed by atoms with van der Waals surface area (Å²) in [5.41, 5.74) is 3.66. The van der Waals surface area contributed by atoms with Gasteiger partial charge in [0, 0.05) is 12.7 Å². The summed E-state index contributed by atoms with van der Waals surface area (Å²) < 4.78 is 10.6. The van der Waals surface area contributed by atoms with Crippen LogP contribution in [0.4, 0.5) is 0 Å². The number of benzene rings is 1. The molecule has 1 heterocycles. The minimum Gasteiger partial charge on any atom is -0.467 e. The number of hydrogen-bond donors (Lipinski definition) is 1. The van der Waals surface area contributed by atoms with Crippen LogP contribution in [0.15, 0.2) is 41.0 Å². The van der Waals surface area contributed by atoms with Gasteiger partial charge >= 0.3 is 0 Å². The van der Waals surface area contributed by atoms with Gasteiger partial charge in [0.25, 0.3) is 0 Å². The lowest BCUT2D eigenvalue weighted by atomic mass is 10.0. The first-order valence-corrected chi connectivity index (χ1v) is 6.70. The molecule has 19 heavy (non-hydrogen) atoms. The van der Waals surface area contributed by atoms with Crippen molar-refractivity contribution in [1.82, 2.24) is 5.32 Å². The van der Waals surface area contributed by atoms with E-state index in [0.717, 1.165) is 31.9 Å². The maximum Gasteiger partial charge on any atom is 0.125 e. The van der Waals surface area contributed by atoms with E-state index in [-0.39, 0.29) is 0 Å². The highest BCUT2D eigenvalue weighted by atomic mass is 16.5. The molecular formula is C16H21NO2. The van der Waals surface area contributed by atoms with Gasteiger partial charge in [-0.1, -0.05) is 31.2 Å². The molecule has 0 amide bonds. The maximum absolute atomic E-state index is 5.53. The molecular weight excluding hydrogens is 238 g/mol. The fourth-order valence-corrected chi connectivity index (χ4v) is 2.04. The summed E-state index contributed by atoms with van der Waals surface area (Å²) in [6.45, 7) is 4.56. The zero-order valence-corrected chi connectivity index (χ0v) is 11.6. The quantitative estimate of drug-likeness (QED) is 0.829. The van der Waals surface area contributed by atoms with Crippen LogP contribution in [0.25, 0.3) is 11.1 Å². The molecule has 1 aromatic heterocycles. The van der Waals surface area contributed by atoms with Crippen LogP contribution in [0.3, 0.4) is 0 Å². The Morgan fingerprint density at radius 2 is 1.95 bits per heavy atom. The summed E-state index contributed by atoms with van der Waals surface area (Å²) in [6.07, 6.45) is 2.70. The van der Waals surface area contributed by atoms with Crippen LogP contribution >= 0.6 is 0 Å². The van der Waals surface area contributed by atoms with E-state index in [1.807, 2.05) is 6.07 Å². The summed E-state index contributed by atoms with van der Waals surface area (Å²) in [5, 5.41) is 3.29. The minimum absolute atomic E-state index is 0.761. The van der Waals surface area contributed by atoms with Gasteiger partial charge in [-0.05, 0) is 30.2 Å². The van der Waals surface area contributed by atoms with Gasteiger partial charge in [0.2, 0.25) is 0 Å². The van der Waals surface area contributed by atoms with Gasteiger partial charge in [-0.25, -0.2) is 0 Å². The first-order chi connectivity index (χ1) is 9.35. The van der Waals surface area contributed by atoms with Crippen LogP contribution < -0.4 is 5.32 Å². The second-order valence-electron chi connectivity index (χ2n) is 4.48. The van der Waals surface area contributed by atoms with Crippen molar-refractivity contribution in [3.8, 4) is 11.1 Å². The van der Waals surface area contributed by atoms with E-state index in [2.05, 4.69) is 36.5 Å². The molecule has 0 spiro atoms. The standard InChI is InChI=1S/C16H21NO2/c1-3-17-12-16-15(9-11-19-16)14-6-4-13(5-7-14)8-10-18-2/h4-7,9,11,17H,3,8,10,12H2,1-2H3. The molecule has 0 fully saturated rings. The Hall–Kier alpha value is -1.58. The van der Waals surface area contributed by atoms with E-state index in [4.69, 9.17) is 9.15 Å². The molecule has 1 aromatic carbocycles. The Morgan fingerprint density at radius 1 is 1.16 bits per heavy atom. The summed E-state index contributed by atoms with van der Waals surface area (Å²) >= 11 is 0. The van der Waals surface area contributed by atoms with Crippen LogP contribution in [0, 0.1) is 0 Å². The van der Waals surface area contributed by atoms with Crippen molar-refractivity contribution in [2.75, 3.05) is 20.3 Å². The predicted octanol–water partition coefficient (Wildman–Crippen LogP) is 3.25. The van der Waals surface area contributed by atoms with Crippen LogP contribution in [-0.4, -0.2) is 20.3 Å². The Kier molecular flexibility index (Phi) is 5.19.